The smallest absolute Gasteiger partial charge is 0.338 e. The number of benzene rings is 2. The molecule has 0 aliphatic carbocycles. The minimum Gasteiger partial charge on any atom is -0.489 e. The van der Waals surface area contributed by atoms with Gasteiger partial charge in [0, 0.05) is 0 Å². The summed E-state index contributed by atoms with van der Waals surface area (Å²) in [4.78, 5) is 23.5. The van der Waals surface area contributed by atoms with Gasteiger partial charge in [-0.15, -0.1) is 0 Å². The minimum absolute atomic E-state index is 0.111. The highest BCUT2D eigenvalue weighted by molar-refractivity contribution is 6.03. The molecule has 0 bridgehead atoms. The van der Waals surface area contributed by atoms with E-state index in [0.29, 0.717) is 12.4 Å². The van der Waals surface area contributed by atoms with Gasteiger partial charge in [-0.2, -0.15) is 0 Å². The van der Waals surface area contributed by atoms with Gasteiger partial charge in [0.05, 0.1) is 25.3 Å². The van der Waals surface area contributed by atoms with Crippen molar-refractivity contribution in [2.75, 3.05) is 14.2 Å². The second-order valence-corrected chi connectivity index (χ2v) is 4.46. The number of esters is 2. The van der Waals surface area contributed by atoms with Crippen LogP contribution in [0.25, 0.3) is 0 Å². The van der Waals surface area contributed by atoms with Gasteiger partial charge in [0.2, 0.25) is 0 Å². The molecule has 0 saturated heterocycles. The number of carbonyl (C=O) groups is 2. The van der Waals surface area contributed by atoms with E-state index in [0.717, 1.165) is 5.56 Å². The van der Waals surface area contributed by atoms with E-state index in [1.165, 1.54) is 26.4 Å². The van der Waals surface area contributed by atoms with E-state index in [4.69, 9.17) is 4.74 Å². The summed E-state index contributed by atoms with van der Waals surface area (Å²) >= 11 is 0. The van der Waals surface area contributed by atoms with Crippen molar-refractivity contribution in [1.82, 2.24) is 0 Å². The maximum atomic E-state index is 11.8. The molecule has 0 N–H and O–H groups in total. The first-order chi connectivity index (χ1) is 10.7. The fraction of sp³-hybridized carbons (Fsp3) is 0.176. The van der Waals surface area contributed by atoms with Crippen LogP contribution in [0.2, 0.25) is 0 Å². The lowest BCUT2D eigenvalue weighted by atomic mass is 10.1. The summed E-state index contributed by atoms with van der Waals surface area (Å²) in [5.74, 6) is -0.752. The maximum Gasteiger partial charge on any atom is 0.338 e. The van der Waals surface area contributed by atoms with Crippen LogP contribution in [0.15, 0.2) is 48.5 Å². The summed E-state index contributed by atoms with van der Waals surface area (Å²) in [6.07, 6.45) is 0. The van der Waals surface area contributed by atoms with Crippen LogP contribution in [-0.4, -0.2) is 26.2 Å². The molecular formula is C17H16O5. The second kappa shape index (κ2) is 7.26. The van der Waals surface area contributed by atoms with Gasteiger partial charge in [-0.25, -0.2) is 9.59 Å². The molecule has 0 aliphatic rings. The van der Waals surface area contributed by atoms with Crippen LogP contribution in [-0.2, 0) is 16.1 Å². The Morgan fingerprint density at radius 3 is 2.14 bits per heavy atom. The number of methoxy groups -OCH3 is 2. The summed E-state index contributed by atoms with van der Waals surface area (Å²) in [5.41, 5.74) is 1.25. The predicted octanol–water partition coefficient (Wildman–Crippen LogP) is 2.84. The zero-order valence-corrected chi connectivity index (χ0v) is 12.4. The largest absolute Gasteiger partial charge is 0.489 e. The quantitative estimate of drug-likeness (QED) is 0.795. The Hall–Kier alpha value is -2.82. The normalized spacial score (nSPS) is 9.91. The van der Waals surface area contributed by atoms with E-state index in [1.807, 2.05) is 30.3 Å². The summed E-state index contributed by atoms with van der Waals surface area (Å²) in [7, 11) is 2.50. The second-order valence-electron chi connectivity index (χ2n) is 4.46. The highest BCUT2D eigenvalue weighted by Gasteiger charge is 2.19. The Balaban J connectivity index is 2.23. The molecule has 0 fully saturated rings. The molecule has 0 radical (unpaired) electrons. The lowest BCUT2D eigenvalue weighted by molar-refractivity contribution is 0.0555. The van der Waals surface area contributed by atoms with E-state index < -0.39 is 11.9 Å². The lowest BCUT2D eigenvalue weighted by Gasteiger charge is -2.10. The van der Waals surface area contributed by atoms with Gasteiger partial charge in [-0.05, 0) is 23.8 Å². The molecule has 0 atom stereocenters. The van der Waals surface area contributed by atoms with E-state index in [9.17, 15) is 9.59 Å². The van der Waals surface area contributed by atoms with Gasteiger partial charge in [0.15, 0.2) is 0 Å². The van der Waals surface area contributed by atoms with Gasteiger partial charge >= 0.3 is 11.9 Å². The highest BCUT2D eigenvalue weighted by atomic mass is 16.5. The topological polar surface area (TPSA) is 61.8 Å². The first-order valence-electron chi connectivity index (χ1n) is 6.63. The molecule has 0 aliphatic heterocycles. The fourth-order valence-corrected chi connectivity index (χ4v) is 1.92. The molecule has 22 heavy (non-hydrogen) atoms. The molecule has 2 rings (SSSR count). The Morgan fingerprint density at radius 2 is 1.50 bits per heavy atom. The van der Waals surface area contributed by atoms with E-state index in [-0.39, 0.29) is 11.1 Å². The lowest BCUT2D eigenvalue weighted by Crippen LogP contribution is -2.12. The Labute approximate surface area is 128 Å². The van der Waals surface area contributed by atoms with Gasteiger partial charge < -0.3 is 14.2 Å². The molecule has 2 aromatic rings. The standard InChI is InChI=1S/C17H16O5/c1-20-16(18)14-9-8-13(10-15(14)17(19)21-2)22-11-12-6-4-3-5-7-12/h3-10H,11H2,1-2H3. The number of hydrogen-bond acceptors (Lipinski definition) is 5. The third-order valence-corrected chi connectivity index (χ3v) is 3.05. The predicted molar refractivity (Wildman–Crippen MR) is 79.9 cm³/mol. The van der Waals surface area contributed by atoms with E-state index >= 15 is 0 Å². The Bertz CT molecular complexity index is 664. The molecule has 2 aromatic carbocycles. The van der Waals surface area contributed by atoms with Crippen LogP contribution in [0.5, 0.6) is 5.75 Å². The van der Waals surface area contributed by atoms with Crippen molar-refractivity contribution in [3.05, 3.63) is 65.2 Å². The number of carbonyl (C=O) groups excluding carboxylic acids is 2. The number of hydrogen-bond donors (Lipinski definition) is 0. The van der Waals surface area contributed by atoms with Crippen molar-refractivity contribution in [3.63, 3.8) is 0 Å². The summed E-state index contributed by atoms with van der Waals surface area (Å²) in [6.45, 7) is 0.360. The number of rotatable bonds is 5. The molecule has 0 amide bonds. The molecule has 114 valence electrons. The van der Waals surface area contributed by atoms with E-state index in [1.54, 1.807) is 6.07 Å². The number of ether oxygens (including phenoxy) is 3. The third-order valence-electron chi connectivity index (χ3n) is 3.05. The van der Waals surface area contributed by atoms with Crippen LogP contribution in [0, 0.1) is 0 Å². The molecular weight excluding hydrogens is 284 g/mol. The molecule has 5 heteroatoms. The van der Waals surface area contributed by atoms with Gasteiger partial charge in [0.1, 0.15) is 12.4 Å². The monoisotopic (exact) mass is 300 g/mol. The highest BCUT2D eigenvalue weighted by Crippen LogP contribution is 2.21. The van der Waals surface area contributed by atoms with Crippen LogP contribution in [0.1, 0.15) is 26.3 Å². The van der Waals surface area contributed by atoms with E-state index in [2.05, 4.69) is 9.47 Å². The van der Waals surface area contributed by atoms with Crippen molar-refractivity contribution in [2.45, 2.75) is 6.61 Å². The molecule has 0 saturated carbocycles. The first-order valence-corrected chi connectivity index (χ1v) is 6.63. The van der Waals surface area contributed by atoms with Gasteiger partial charge in [-0.1, -0.05) is 30.3 Å². The zero-order valence-electron chi connectivity index (χ0n) is 12.4. The first kappa shape index (κ1) is 15.6. The molecule has 0 aromatic heterocycles. The van der Waals surface area contributed by atoms with Crippen molar-refractivity contribution >= 4 is 11.9 Å². The SMILES string of the molecule is COC(=O)c1ccc(OCc2ccccc2)cc1C(=O)OC. The van der Waals surface area contributed by atoms with Crippen molar-refractivity contribution in [1.29, 1.82) is 0 Å². The van der Waals surface area contributed by atoms with Crippen LogP contribution in [0.3, 0.4) is 0 Å². The molecule has 0 unspecified atom stereocenters. The zero-order chi connectivity index (χ0) is 15.9. The summed E-state index contributed by atoms with van der Waals surface area (Å²) in [5, 5.41) is 0. The molecule has 0 heterocycles. The van der Waals surface area contributed by atoms with Crippen molar-refractivity contribution in [3.8, 4) is 5.75 Å². The van der Waals surface area contributed by atoms with Crippen LogP contribution >= 0.6 is 0 Å². The molecule has 5 nitrogen and oxygen atoms in total. The fourth-order valence-electron chi connectivity index (χ4n) is 1.92. The average Bonchev–Trinajstić information content (AvgIpc) is 2.59. The average molecular weight is 300 g/mol. The maximum absolute atomic E-state index is 11.8. The van der Waals surface area contributed by atoms with Crippen LogP contribution < -0.4 is 4.74 Å². The van der Waals surface area contributed by atoms with Gasteiger partial charge in [-0.3, -0.25) is 0 Å². The minimum atomic E-state index is -0.620. The summed E-state index contributed by atoms with van der Waals surface area (Å²) in [6, 6.07) is 14.2. The Morgan fingerprint density at radius 1 is 0.864 bits per heavy atom. The van der Waals surface area contributed by atoms with Gasteiger partial charge in [0.25, 0.3) is 0 Å². The Kier molecular flexibility index (Phi) is 5.14. The third kappa shape index (κ3) is 3.63. The van der Waals surface area contributed by atoms with Crippen molar-refractivity contribution in [2.24, 2.45) is 0 Å². The van der Waals surface area contributed by atoms with Crippen LogP contribution in [0.4, 0.5) is 0 Å². The molecule has 0 spiro atoms. The van der Waals surface area contributed by atoms with Crippen molar-refractivity contribution < 1.29 is 23.8 Å². The summed E-state index contributed by atoms with van der Waals surface area (Å²) < 4.78 is 15.0.